The van der Waals surface area contributed by atoms with Crippen LogP contribution in [0.15, 0.2) is 138 Å². The van der Waals surface area contributed by atoms with Gasteiger partial charge in [0.1, 0.15) is 10.9 Å². The molecule has 5 nitrogen and oxygen atoms in total. The molecule has 0 spiro atoms. The summed E-state index contributed by atoms with van der Waals surface area (Å²) in [5.41, 5.74) is 9.58. The maximum absolute atomic E-state index is 12.7. The Balaban J connectivity index is 1.31. The van der Waals surface area contributed by atoms with Gasteiger partial charge < -0.3 is 10.0 Å². The molecule has 1 fully saturated rings. The van der Waals surface area contributed by atoms with Crippen LogP contribution < -0.4 is 4.90 Å². The highest BCUT2D eigenvalue weighted by molar-refractivity contribution is 8.26. The fourth-order valence-electron chi connectivity index (χ4n) is 5.24. The summed E-state index contributed by atoms with van der Waals surface area (Å²) in [4.78, 5) is 27.6. The Bertz CT molecular complexity index is 1940. The zero-order valence-corrected chi connectivity index (χ0v) is 26.7. The molecule has 226 valence electrons. The average molecular weight is 639 g/mol. The molecule has 0 aliphatic carbocycles. The van der Waals surface area contributed by atoms with Crippen molar-refractivity contribution in [2.45, 2.75) is 6.92 Å². The number of carbonyl (C=O) groups is 2. The second-order valence-electron chi connectivity index (χ2n) is 10.8. The maximum atomic E-state index is 12.7. The number of rotatable bonds is 9. The molecule has 7 heteroatoms. The molecule has 46 heavy (non-hydrogen) atoms. The molecule has 0 atom stereocenters. The number of thioether (sulfide) groups is 1. The van der Waals surface area contributed by atoms with Gasteiger partial charge in [0.05, 0.1) is 4.91 Å². The van der Waals surface area contributed by atoms with Crippen molar-refractivity contribution in [1.29, 1.82) is 0 Å². The van der Waals surface area contributed by atoms with Gasteiger partial charge in [-0.05, 0) is 83.3 Å². The predicted molar refractivity (Wildman–Crippen MR) is 193 cm³/mol. The standard InChI is InChI=1S/C39H30N2O3S2/c1-27-12-18-31(19-13-27)35(30-8-4-2-5-9-30)24-28-14-20-33(21-15-28)41(32-10-6-3-7-11-32)34-22-16-29(17-23-34)25-36-38(44)40(26-37(42)43)39(45)46-36/h2-25H,26H2,1H3,(H,42,43). The molecule has 1 aliphatic heterocycles. The highest BCUT2D eigenvalue weighted by Gasteiger charge is 2.33. The van der Waals surface area contributed by atoms with Gasteiger partial charge in [0.25, 0.3) is 5.91 Å². The van der Waals surface area contributed by atoms with Crippen LogP contribution in [0.5, 0.6) is 0 Å². The second-order valence-corrected chi connectivity index (χ2v) is 12.5. The Morgan fingerprint density at radius 2 is 1.26 bits per heavy atom. The van der Waals surface area contributed by atoms with E-state index in [1.54, 1.807) is 6.08 Å². The van der Waals surface area contributed by atoms with E-state index in [-0.39, 0.29) is 10.2 Å². The van der Waals surface area contributed by atoms with Crippen LogP contribution in [0, 0.1) is 6.92 Å². The Morgan fingerprint density at radius 3 is 1.85 bits per heavy atom. The average Bonchev–Trinajstić information content (AvgIpc) is 3.33. The first-order valence-corrected chi connectivity index (χ1v) is 15.9. The summed E-state index contributed by atoms with van der Waals surface area (Å²) >= 11 is 6.35. The summed E-state index contributed by atoms with van der Waals surface area (Å²) < 4.78 is 0.249. The number of thiocarbonyl (C=S) groups is 1. The van der Waals surface area contributed by atoms with Crippen LogP contribution in [0.2, 0.25) is 0 Å². The van der Waals surface area contributed by atoms with Crippen molar-refractivity contribution >= 4 is 75.0 Å². The highest BCUT2D eigenvalue weighted by Crippen LogP contribution is 2.37. The summed E-state index contributed by atoms with van der Waals surface area (Å²) in [5.74, 6) is -1.49. The van der Waals surface area contributed by atoms with E-state index in [0.29, 0.717) is 4.91 Å². The lowest BCUT2D eigenvalue weighted by Gasteiger charge is -2.25. The lowest BCUT2D eigenvalue weighted by molar-refractivity contribution is -0.140. The zero-order chi connectivity index (χ0) is 32.0. The van der Waals surface area contributed by atoms with Crippen molar-refractivity contribution in [2.24, 2.45) is 0 Å². The van der Waals surface area contributed by atoms with E-state index in [0.717, 1.165) is 61.6 Å². The van der Waals surface area contributed by atoms with Gasteiger partial charge in [0, 0.05) is 17.1 Å². The highest BCUT2D eigenvalue weighted by atomic mass is 32.2. The number of aliphatic carboxylic acids is 1. The van der Waals surface area contributed by atoms with Gasteiger partial charge in [-0.15, -0.1) is 0 Å². The maximum Gasteiger partial charge on any atom is 0.323 e. The van der Waals surface area contributed by atoms with Gasteiger partial charge in [0.15, 0.2) is 0 Å². The third-order valence-electron chi connectivity index (χ3n) is 7.54. The van der Waals surface area contributed by atoms with E-state index >= 15 is 0 Å². The number of carboxylic acid groups (broad SMARTS) is 1. The van der Waals surface area contributed by atoms with Crippen LogP contribution in [-0.4, -0.2) is 32.7 Å². The van der Waals surface area contributed by atoms with E-state index in [2.05, 4.69) is 103 Å². The molecule has 6 rings (SSSR count). The number of hydrogen-bond donors (Lipinski definition) is 1. The molecule has 0 radical (unpaired) electrons. The quantitative estimate of drug-likeness (QED) is 0.0987. The number of carbonyl (C=O) groups excluding carboxylic acids is 1. The first-order valence-electron chi connectivity index (χ1n) is 14.7. The molecule has 1 amide bonds. The molecule has 5 aromatic rings. The molecule has 5 aromatic carbocycles. The SMILES string of the molecule is Cc1ccc(C(=Cc2ccc(N(c3ccccc3)c3ccc(C=C4SC(=S)N(CC(=O)O)C4=O)cc3)cc2)c2ccccc2)cc1. The molecule has 1 aliphatic rings. The monoisotopic (exact) mass is 638 g/mol. The van der Waals surface area contributed by atoms with Gasteiger partial charge in [0.2, 0.25) is 0 Å². The normalized spacial score (nSPS) is 14.2. The third kappa shape index (κ3) is 7.01. The van der Waals surface area contributed by atoms with Crippen molar-refractivity contribution in [3.63, 3.8) is 0 Å². The van der Waals surface area contributed by atoms with Crippen molar-refractivity contribution in [1.82, 2.24) is 4.90 Å². The van der Waals surface area contributed by atoms with E-state index in [1.807, 2.05) is 48.5 Å². The summed E-state index contributed by atoms with van der Waals surface area (Å²) in [6, 6.07) is 45.6. The summed E-state index contributed by atoms with van der Waals surface area (Å²) in [6.45, 7) is 1.65. The Kier molecular flexibility index (Phi) is 9.24. The van der Waals surface area contributed by atoms with Crippen LogP contribution in [0.3, 0.4) is 0 Å². The largest absolute Gasteiger partial charge is 0.480 e. The van der Waals surface area contributed by atoms with Crippen LogP contribution in [0.4, 0.5) is 17.1 Å². The summed E-state index contributed by atoms with van der Waals surface area (Å²) in [5, 5.41) is 9.12. The minimum Gasteiger partial charge on any atom is -0.480 e. The Morgan fingerprint density at radius 1 is 0.739 bits per heavy atom. The number of benzene rings is 5. The number of amides is 1. The number of para-hydroxylation sites is 1. The van der Waals surface area contributed by atoms with Crippen LogP contribution in [0.25, 0.3) is 17.7 Å². The van der Waals surface area contributed by atoms with Gasteiger partial charge in [-0.3, -0.25) is 14.5 Å². The van der Waals surface area contributed by atoms with E-state index in [4.69, 9.17) is 17.3 Å². The van der Waals surface area contributed by atoms with E-state index < -0.39 is 12.5 Å². The number of anilines is 3. The number of hydrogen-bond acceptors (Lipinski definition) is 5. The van der Waals surface area contributed by atoms with E-state index in [9.17, 15) is 9.59 Å². The van der Waals surface area contributed by atoms with Crippen LogP contribution in [0.1, 0.15) is 27.8 Å². The molecular formula is C39H30N2O3S2. The number of carboxylic acids is 1. The fraction of sp³-hybridized carbons (Fsp3) is 0.0513. The molecule has 1 saturated heterocycles. The van der Waals surface area contributed by atoms with Crippen molar-refractivity contribution in [3.05, 3.63) is 166 Å². The smallest absolute Gasteiger partial charge is 0.323 e. The van der Waals surface area contributed by atoms with Crippen LogP contribution >= 0.6 is 24.0 Å². The molecule has 0 unspecified atom stereocenters. The summed E-state index contributed by atoms with van der Waals surface area (Å²) in [6.07, 6.45) is 3.97. The van der Waals surface area contributed by atoms with Crippen LogP contribution in [-0.2, 0) is 9.59 Å². The van der Waals surface area contributed by atoms with Crippen molar-refractivity contribution in [3.8, 4) is 0 Å². The van der Waals surface area contributed by atoms with Gasteiger partial charge >= 0.3 is 5.97 Å². The molecule has 1 heterocycles. The first-order chi connectivity index (χ1) is 22.4. The topological polar surface area (TPSA) is 60.9 Å². The second kappa shape index (κ2) is 13.8. The zero-order valence-electron chi connectivity index (χ0n) is 25.0. The Hall–Kier alpha value is -5.24. The minimum atomic E-state index is -1.10. The first kappa shape index (κ1) is 30.8. The van der Waals surface area contributed by atoms with Crippen molar-refractivity contribution in [2.75, 3.05) is 11.4 Å². The Labute approximate surface area is 278 Å². The third-order valence-corrected chi connectivity index (χ3v) is 8.92. The minimum absolute atomic E-state index is 0.249. The fourth-order valence-corrected chi connectivity index (χ4v) is 6.49. The lowest BCUT2D eigenvalue weighted by atomic mass is 9.95. The van der Waals surface area contributed by atoms with Gasteiger partial charge in [-0.2, -0.15) is 0 Å². The van der Waals surface area contributed by atoms with Gasteiger partial charge in [-0.25, -0.2) is 0 Å². The number of nitrogens with zero attached hydrogens (tertiary/aromatic N) is 2. The van der Waals surface area contributed by atoms with Crippen molar-refractivity contribution < 1.29 is 14.7 Å². The van der Waals surface area contributed by atoms with Gasteiger partial charge in [-0.1, -0.05) is 127 Å². The predicted octanol–water partition coefficient (Wildman–Crippen LogP) is 9.34. The molecule has 0 saturated carbocycles. The summed E-state index contributed by atoms with van der Waals surface area (Å²) in [7, 11) is 0. The molecule has 1 N–H and O–H groups in total. The van der Waals surface area contributed by atoms with E-state index in [1.165, 1.54) is 5.56 Å². The molecular weight excluding hydrogens is 609 g/mol. The molecule has 0 bridgehead atoms. The molecule has 0 aromatic heterocycles. The number of aryl methyl sites for hydroxylation is 1. The lowest BCUT2D eigenvalue weighted by Crippen LogP contribution is -2.33.